The molecule has 1 aromatic carbocycles. The van der Waals surface area contributed by atoms with Gasteiger partial charge in [-0.15, -0.1) is 0 Å². The molecule has 1 unspecified atom stereocenters. The van der Waals surface area contributed by atoms with E-state index in [2.05, 4.69) is 13.8 Å². The highest BCUT2D eigenvalue weighted by atomic mass is 19.1. The minimum atomic E-state index is -0.353. The first-order chi connectivity index (χ1) is 7.82. The van der Waals surface area contributed by atoms with Crippen LogP contribution in [0.5, 0.6) is 0 Å². The molecule has 1 nitrogen and oxygen atoms in total. The van der Waals surface area contributed by atoms with Crippen molar-refractivity contribution in [3.63, 3.8) is 0 Å². The third kappa shape index (κ3) is 2.52. The second kappa shape index (κ2) is 4.09. The van der Waals surface area contributed by atoms with Gasteiger partial charge in [-0.05, 0) is 54.9 Å². The van der Waals surface area contributed by atoms with E-state index in [1.54, 1.807) is 6.07 Å². The Hall–Kier alpha value is -0.890. The van der Waals surface area contributed by atoms with Crippen molar-refractivity contribution in [2.75, 3.05) is 0 Å². The first-order valence-electron chi connectivity index (χ1n) is 6.38. The Labute approximate surface area is 103 Å². The van der Waals surface area contributed by atoms with Gasteiger partial charge < -0.3 is 5.73 Å². The quantitative estimate of drug-likeness (QED) is 0.785. The average molecular weight is 235 g/mol. The lowest BCUT2D eigenvalue weighted by Crippen LogP contribution is -2.44. The second-order valence-corrected chi connectivity index (χ2v) is 6.31. The molecule has 2 rings (SSSR count). The summed E-state index contributed by atoms with van der Waals surface area (Å²) in [5.74, 6) is -0.182. The number of benzene rings is 1. The fourth-order valence-electron chi connectivity index (χ4n) is 3.27. The van der Waals surface area contributed by atoms with Crippen molar-refractivity contribution in [2.24, 2.45) is 11.1 Å². The fourth-order valence-corrected chi connectivity index (χ4v) is 3.27. The van der Waals surface area contributed by atoms with Crippen LogP contribution in [0, 0.1) is 18.2 Å². The van der Waals surface area contributed by atoms with E-state index in [1.165, 1.54) is 12.5 Å². The van der Waals surface area contributed by atoms with Gasteiger partial charge in [0.25, 0.3) is 0 Å². The van der Waals surface area contributed by atoms with Gasteiger partial charge in [-0.2, -0.15) is 0 Å². The van der Waals surface area contributed by atoms with Crippen LogP contribution in [0.3, 0.4) is 0 Å². The molecule has 0 aliphatic heterocycles. The zero-order valence-electron chi connectivity index (χ0n) is 11.0. The lowest BCUT2D eigenvalue weighted by atomic mass is 9.65. The molecule has 0 radical (unpaired) electrons. The Morgan fingerprint density at radius 2 is 1.94 bits per heavy atom. The minimum absolute atomic E-state index is 0.182. The molecule has 0 spiro atoms. The van der Waals surface area contributed by atoms with Gasteiger partial charge in [0, 0.05) is 5.54 Å². The molecule has 0 bridgehead atoms. The molecule has 2 heteroatoms. The summed E-state index contributed by atoms with van der Waals surface area (Å²) < 4.78 is 13.4. The van der Waals surface area contributed by atoms with Gasteiger partial charge in [-0.1, -0.05) is 26.3 Å². The van der Waals surface area contributed by atoms with Crippen molar-refractivity contribution in [1.29, 1.82) is 0 Å². The molecule has 0 heterocycles. The highest BCUT2D eigenvalue weighted by molar-refractivity contribution is 5.34. The molecule has 1 aromatic rings. The Balaban J connectivity index is 2.40. The van der Waals surface area contributed by atoms with E-state index in [-0.39, 0.29) is 16.8 Å². The number of hydrogen-bond acceptors (Lipinski definition) is 1. The first kappa shape index (κ1) is 12.6. The average Bonchev–Trinajstić information content (AvgIpc) is 2.19. The van der Waals surface area contributed by atoms with E-state index in [1.807, 2.05) is 13.0 Å². The summed E-state index contributed by atoms with van der Waals surface area (Å²) in [6, 6.07) is 4.97. The van der Waals surface area contributed by atoms with Crippen molar-refractivity contribution >= 4 is 0 Å². The van der Waals surface area contributed by atoms with Crippen molar-refractivity contribution in [1.82, 2.24) is 0 Å². The highest BCUT2D eigenvalue weighted by Gasteiger charge is 2.39. The van der Waals surface area contributed by atoms with Crippen LogP contribution >= 0.6 is 0 Å². The first-order valence-corrected chi connectivity index (χ1v) is 6.38. The van der Waals surface area contributed by atoms with Gasteiger partial charge in [-0.3, -0.25) is 0 Å². The normalized spacial score (nSPS) is 28.1. The maximum atomic E-state index is 13.4. The summed E-state index contributed by atoms with van der Waals surface area (Å²) in [4.78, 5) is 0. The number of hydrogen-bond donors (Lipinski definition) is 1. The summed E-state index contributed by atoms with van der Waals surface area (Å²) in [6.07, 6.45) is 4.23. The summed E-state index contributed by atoms with van der Waals surface area (Å²) >= 11 is 0. The SMILES string of the molecule is Cc1ccc(F)cc1C1(N)CCCC(C)(C)C1. The van der Waals surface area contributed by atoms with Gasteiger partial charge in [0.2, 0.25) is 0 Å². The molecule has 0 saturated heterocycles. The third-order valence-electron chi connectivity index (χ3n) is 4.01. The van der Waals surface area contributed by atoms with Gasteiger partial charge in [0.15, 0.2) is 0 Å². The smallest absolute Gasteiger partial charge is 0.123 e. The van der Waals surface area contributed by atoms with Crippen LogP contribution in [0.15, 0.2) is 18.2 Å². The van der Waals surface area contributed by atoms with Crippen LogP contribution in [0.4, 0.5) is 4.39 Å². The second-order valence-electron chi connectivity index (χ2n) is 6.31. The van der Waals surface area contributed by atoms with E-state index < -0.39 is 0 Å². The van der Waals surface area contributed by atoms with Crippen LogP contribution < -0.4 is 5.73 Å². The van der Waals surface area contributed by atoms with Crippen LogP contribution in [0.2, 0.25) is 0 Å². The zero-order chi connectivity index (χ0) is 12.7. The standard InChI is InChI=1S/C15H22FN/c1-11-5-6-12(16)9-13(11)15(17)8-4-7-14(2,3)10-15/h5-6,9H,4,7-8,10,17H2,1-3H3. The summed E-state index contributed by atoms with van der Waals surface area (Å²) in [7, 11) is 0. The fraction of sp³-hybridized carbons (Fsp3) is 0.600. The lowest BCUT2D eigenvalue weighted by molar-refractivity contribution is 0.150. The van der Waals surface area contributed by atoms with Crippen molar-refractivity contribution in [2.45, 2.75) is 52.0 Å². The van der Waals surface area contributed by atoms with Crippen LogP contribution in [0.25, 0.3) is 0 Å². The molecule has 0 aromatic heterocycles. The van der Waals surface area contributed by atoms with Crippen LogP contribution in [0.1, 0.15) is 50.7 Å². The Bertz CT molecular complexity index is 425. The summed E-state index contributed by atoms with van der Waals surface area (Å²) in [5.41, 5.74) is 8.56. The van der Waals surface area contributed by atoms with Crippen LogP contribution in [-0.4, -0.2) is 0 Å². The number of halogens is 1. The molecular formula is C15H22FN. The predicted octanol–water partition coefficient (Wildman–Crippen LogP) is 3.89. The molecular weight excluding hydrogens is 213 g/mol. The van der Waals surface area contributed by atoms with E-state index >= 15 is 0 Å². The summed E-state index contributed by atoms with van der Waals surface area (Å²) in [6.45, 7) is 6.52. The Morgan fingerprint density at radius 3 is 2.59 bits per heavy atom. The van der Waals surface area contributed by atoms with E-state index in [4.69, 9.17) is 5.73 Å². The lowest BCUT2D eigenvalue weighted by Gasteiger charge is -2.43. The molecule has 1 aliphatic rings. The monoisotopic (exact) mass is 235 g/mol. The minimum Gasteiger partial charge on any atom is -0.321 e. The number of rotatable bonds is 1. The Morgan fingerprint density at radius 1 is 1.24 bits per heavy atom. The van der Waals surface area contributed by atoms with Crippen molar-refractivity contribution in [3.05, 3.63) is 35.1 Å². The predicted molar refractivity (Wildman–Crippen MR) is 69.3 cm³/mol. The van der Waals surface area contributed by atoms with E-state index in [0.29, 0.717) is 0 Å². The number of aryl methyl sites for hydroxylation is 1. The molecule has 1 fully saturated rings. The third-order valence-corrected chi connectivity index (χ3v) is 4.01. The van der Waals surface area contributed by atoms with Gasteiger partial charge >= 0.3 is 0 Å². The molecule has 94 valence electrons. The topological polar surface area (TPSA) is 26.0 Å². The largest absolute Gasteiger partial charge is 0.321 e. The molecule has 17 heavy (non-hydrogen) atoms. The zero-order valence-corrected chi connectivity index (χ0v) is 11.0. The van der Waals surface area contributed by atoms with Gasteiger partial charge in [0.1, 0.15) is 5.82 Å². The highest BCUT2D eigenvalue weighted by Crippen LogP contribution is 2.45. The molecule has 2 N–H and O–H groups in total. The maximum Gasteiger partial charge on any atom is 0.123 e. The maximum absolute atomic E-state index is 13.4. The van der Waals surface area contributed by atoms with Crippen LogP contribution in [-0.2, 0) is 5.54 Å². The molecule has 0 amide bonds. The van der Waals surface area contributed by atoms with E-state index in [0.717, 1.165) is 30.4 Å². The molecule has 1 aliphatic carbocycles. The van der Waals surface area contributed by atoms with Crippen molar-refractivity contribution in [3.8, 4) is 0 Å². The Kier molecular flexibility index (Phi) is 3.03. The molecule has 1 atom stereocenters. The van der Waals surface area contributed by atoms with E-state index in [9.17, 15) is 4.39 Å². The van der Waals surface area contributed by atoms with Gasteiger partial charge in [-0.25, -0.2) is 4.39 Å². The molecule has 1 saturated carbocycles. The summed E-state index contributed by atoms with van der Waals surface area (Å²) in [5, 5.41) is 0. The van der Waals surface area contributed by atoms with Gasteiger partial charge in [0.05, 0.1) is 0 Å². The number of nitrogens with two attached hydrogens (primary N) is 1. The van der Waals surface area contributed by atoms with Crippen molar-refractivity contribution < 1.29 is 4.39 Å².